The average molecular weight is 529 g/mol. The van der Waals surface area contributed by atoms with Crippen molar-refractivity contribution in [2.75, 3.05) is 0 Å². The van der Waals surface area contributed by atoms with Crippen molar-refractivity contribution in [1.29, 1.82) is 0 Å². The molecule has 0 radical (unpaired) electrons. The fourth-order valence-corrected chi connectivity index (χ4v) is 5.86. The molecule has 0 fully saturated rings. The first kappa shape index (κ1) is 30.3. The van der Waals surface area contributed by atoms with Gasteiger partial charge in [0.05, 0.1) is 0 Å². The SMILES string of the molecule is C=C(C)c1cc(C(CC(C)c2cc(C(C)(C)C)c(O)cc2C)c2cc(C(C)(C)C)c(O)cc2C)c(C)cc1O. The van der Waals surface area contributed by atoms with Gasteiger partial charge in [-0.15, -0.1) is 0 Å². The number of aryl methyl sites for hydroxylation is 3. The molecule has 2 unspecified atom stereocenters. The first-order valence-electron chi connectivity index (χ1n) is 14.0. The minimum atomic E-state index is -0.218. The molecule has 0 spiro atoms. The molecule has 39 heavy (non-hydrogen) atoms. The third-order valence-corrected chi connectivity index (χ3v) is 8.10. The maximum atomic E-state index is 10.9. The lowest BCUT2D eigenvalue weighted by Gasteiger charge is -2.30. The van der Waals surface area contributed by atoms with E-state index in [-0.39, 0.29) is 28.4 Å². The van der Waals surface area contributed by atoms with Crippen LogP contribution in [0.15, 0.2) is 43.0 Å². The van der Waals surface area contributed by atoms with Gasteiger partial charge < -0.3 is 15.3 Å². The van der Waals surface area contributed by atoms with Crippen LogP contribution in [0.1, 0.15) is 124 Å². The Balaban J connectivity index is 2.28. The fraction of sp³-hybridized carbons (Fsp3) is 0.444. The van der Waals surface area contributed by atoms with E-state index in [1.165, 1.54) is 11.1 Å². The monoisotopic (exact) mass is 528 g/mol. The predicted molar refractivity (Wildman–Crippen MR) is 166 cm³/mol. The van der Waals surface area contributed by atoms with Gasteiger partial charge in [0.25, 0.3) is 0 Å². The third-order valence-electron chi connectivity index (χ3n) is 8.10. The smallest absolute Gasteiger partial charge is 0.123 e. The van der Waals surface area contributed by atoms with Gasteiger partial charge in [-0.05, 0) is 125 Å². The Morgan fingerprint density at radius 1 is 0.667 bits per heavy atom. The summed E-state index contributed by atoms with van der Waals surface area (Å²) >= 11 is 0. The van der Waals surface area contributed by atoms with Crippen LogP contribution in [-0.4, -0.2) is 15.3 Å². The standard InChI is InChI=1S/C36H48O3/c1-20(2)25-17-27(23(5)14-32(25)37)29(28-19-31(36(10,11)12)34(39)16-24(28)6)13-21(3)26-18-30(35(7,8)9)33(38)15-22(26)4/h14-19,21,29,37-39H,1,13H2,2-12H3. The lowest BCUT2D eigenvalue weighted by molar-refractivity contribution is 0.445. The number of phenols is 3. The van der Waals surface area contributed by atoms with E-state index in [9.17, 15) is 15.3 Å². The number of benzene rings is 3. The highest BCUT2D eigenvalue weighted by Crippen LogP contribution is 2.45. The quantitative estimate of drug-likeness (QED) is 0.298. The molecule has 3 heteroatoms. The average Bonchev–Trinajstić information content (AvgIpc) is 2.76. The van der Waals surface area contributed by atoms with Crippen LogP contribution in [0.5, 0.6) is 17.2 Å². The van der Waals surface area contributed by atoms with Crippen LogP contribution >= 0.6 is 0 Å². The molecule has 0 saturated carbocycles. The van der Waals surface area contributed by atoms with E-state index in [4.69, 9.17) is 0 Å². The van der Waals surface area contributed by atoms with Crippen molar-refractivity contribution in [3.05, 3.63) is 93.0 Å². The predicted octanol–water partition coefficient (Wildman–Crippen LogP) is 9.68. The summed E-state index contributed by atoms with van der Waals surface area (Å²) in [5.74, 6) is 1.12. The van der Waals surface area contributed by atoms with Crippen LogP contribution in [0, 0.1) is 20.8 Å². The summed E-state index contributed by atoms with van der Waals surface area (Å²) < 4.78 is 0. The van der Waals surface area contributed by atoms with Crippen LogP contribution in [0.4, 0.5) is 0 Å². The summed E-state index contributed by atoms with van der Waals surface area (Å²) in [5, 5.41) is 32.3. The Morgan fingerprint density at radius 2 is 1.05 bits per heavy atom. The van der Waals surface area contributed by atoms with Gasteiger partial charge in [0, 0.05) is 11.5 Å². The van der Waals surface area contributed by atoms with Crippen LogP contribution in [0.2, 0.25) is 0 Å². The number of hydrogen-bond donors (Lipinski definition) is 3. The van der Waals surface area contributed by atoms with Crippen molar-refractivity contribution in [1.82, 2.24) is 0 Å². The van der Waals surface area contributed by atoms with Gasteiger partial charge in [0.1, 0.15) is 17.2 Å². The van der Waals surface area contributed by atoms with E-state index >= 15 is 0 Å². The summed E-state index contributed by atoms with van der Waals surface area (Å²) in [6.07, 6.45) is 0.825. The van der Waals surface area contributed by atoms with Crippen LogP contribution in [0.3, 0.4) is 0 Å². The number of rotatable bonds is 6. The largest absolute Gasteiger partial charge is 0.508 e. The molecule has 2 atom stereocenters. The molecule has 0 aliphatic rings. The third kappa shape index (κ3) is 6.35. The summed E-state index contributed by atoms with van der Waals surface area (Å²) in [6, 6.07) is 12.1. The van der Waals surface area contributed by atoms with E-state index in [0.717, 1.165) is 50.9 Å². The molecular formula is C36H48O3. The number of aromatic hydroxyl groups is 3. The van der Waals surface area contributed by atoms with Gasteiger partial charge in [-0.2, -0.15) is 0 Å². The van der Waals surface area contributed by atoms with Crippen molar-refractivity contribution in [3.63, 3.8) is 0 Å². The Hall–Kier alpha value is -3.20. The molecule has 0 aromatic heterocycles. The highest BCUT2D eigenvalue weighted by Gasteiger charge is 2.28. The molecule has 0 heterocycles. The van der Waals surface area contributed by atoms with Crippen molar-refractivity contribution >= 4 is 5.57 Å². The molecule has 3 aromatic rings. The highest BCUT2D eigenvalue weighted by atomic mass is 16.3. The molecule has 0 amide bonds. The van der Waals surface area contributed by atoms with E-state index in [2.05, 4.69) is 94.0 Å². The van der Waals surface area contributed by atoms with Gasteiger partial charge in [0.15, 0.2) is 0 Å². The zero-order chi connectivity index (χ0) is 29.6. The zero-order valence-electron chi connectivity index (χ0n) is 25.9. The highest BCUT2D eigenvalue weighted by molar-refractivity contribution is 5.69. The molecule has 3 nitrogen and oxygen atoms in total. The normalized spacial score (nSPS) is 13.8. The van der Waals surface area contributed by atoms with Gasteiger partial charge in [-0.25, -0.2) is 0 Å². The lowest BCUT2D eigenvalue weighted by Crippen LogP contribution is -2.16. The van der Waals surface area contributed by atoms with Gasteiger partial charge >= 0.3 is 0 Å². The van der Waals surface area contributed by atoms with E-state index in [0.29, 0.717) is 11.5 Å². The van der Waals surface area contributed by atoms with E-state index < -0.39 is 0 Å². The molecule has 0 bridgehead atoms. The molecule has 3 N–H and O–H groups in total. The number of allylic oxidation sites excluding steroid dienone is 1. The Kier molecular flexibility index (Phi) is 8.37. The van der Waals surface area contributed by atoms with Crippen molar-refractivity contribution in [3.8, 4) is 17.2 Å². The summed E-state index contributed by atoms with van der Waals surface area (Å²) in [4.78, 5) is 0. The molecule has 3 rings (SSSR count). The second kappa shape index (κ2) is 10.8. The summed E-state index contributed by atoms with van der Waals surface area (Å²) in [5.41, 5.74) is 9.77. The van der Waals surface area contributed by atoms with Crippen LogP contribution < -0.4 is 0 Å². The second-order valence-corrected chi connectivity index (χ2v) is 13.6. The Bertz CT molecular complexity index is 1400. The topological polar surface area (TPSA) is 60.7 Å². The Morgan fingerprint density at radius 3 is 1.49 bits per heavy atom. The van der Waals surface area contributed by atoms with Gasteiger partial charge in [-0.1, -0.05) is 67.2 Å². The second-order valence-electron chi connectivity index (χ2n) is 13.6. The first-order valence-corrected chi connectivity index (χ1v) is 14.0. The van der Waals surface area contributed by atoms with E-state index in [1.807, 2.05) is 25.1 Å². The van der Waals surface area contributed by atoms with Crippen molar-refractivity contribution < 1.29 is 15.3 Å². The summed E-state index contributed by atoms with van der Waals surface area (Å²) in [7, 11) is 0. The maximum Gasteiger partial charge on any atom is 0.123 e. The van der Waals surface area contributed by atoms with Crippen LogP contribution in [-0.2, 0) is 10.8 Å². The zero-order valence-corrected chi connectivity index (χ0v) is 25.9. The minimum absolute atomic E-state index is 0.0201. The van der Waals surface area contributed by atoms with Crippen molar-refractivity contribution in [2.24, 2.45) is 0 Å². The maximum absolute atomic E-state index is 10.9. The minimum Gasteiger partial charge on any atom is -0.508 e. The first-order chi connectivity index (χ1) is 17.8. The molecule has 0 aliphatic heterocycles. The molecule has 210 valence electrons. The molecule has 3 aromatic carbocycles. The van der Waals surface area contributed by atoms with Gasteiger partial charge in [-0.3, -0.25) is 0 Å². The van der Waals surface area contributed by atoms with Gasteiger partial charge in [0.2, 0.25) is 0 Å². The summed E-state index contributed by atoms with van der Waals surface area (Å²) in [6.45, 7) is 27.2. The molecule has 0 aliphatic carbocycles. The lowest BCUT2D eigenvalue weighted by atomic mass is 9.74. The van der Waals surface area contributed by atoms with E-state index in [1.54, 1.807) is 0 Å². The van der Waals surface area contributed by atoms with Crippen LogP contribution in [0.25, 0.3) is 5.57 Å². The number of phenolic OH excluding ortho intramolecular Hbond substituents is 3. The Labute approximate surface area is 236 Å². The van der Waals surface area contributed by atoms with Crippen molar-refractivity contribution in [2.45, 2.75) is 105 Å². The fourth-order valence-electron chi connectivity index (χ4n) is 5.86. The number of hydrogen-bond acceptors (Lipinski definition) is 3. The molecule has 0 saturated heterocycles. The molecular weight excluding hydrogens is 480 g/mol.